The average molecular weight is 272 g/mol. The van der Waals surface area contributed by atoms with Gasteiger partial charge in [0.05, 0.1) is 0 Å². The third-order valence-corrected chi connectivity index (χ3v) is 2.35. The molecule has 2 nitrogen and oxygen atoms in total. The van der Waals surface area contributed by atoms with Gasteiger partial charge in [0, 0.05) is 11.6 Å². The van der Waals surface area contributed by atoms with E-state index in [1.165, 1.54) is 24.3 Å². The van der Waals surface area contributed by atoms with Crippen LogP contribution in [0.2, 0.25) is 0 Å². The van der Waals surface area contributed by atoms with E-state index in [4.69, 9.17) is 0 Å². The van der Waals surface area contributed by atoms with E-state index in [-0.39, 0.29) is 11.3 Å². The van der Waals surface area contributed by atoms with E-state index in [9.17, 15) is 22.7 Å². The Morgan fingerprint density at radius 3 is 2.16 bits per heavy atom. The lowest BCUT2D eigenvalue weighted by Gasteiger charge is -2.13. The van der Waals surface area contributed by atoms with Gasteiger partial charge in [0.25, 0.3) is 0 Å². The number of halogens is 4. The Morgan fingerprint density at radius 2 is 1.58 bits per heavy atom. The number of aromatic hydroxyl groups is 1. The lowest BCUT2D eigenvalue weighted by atomic mass is 10.0. The topological polar surface area (TPSA) is 29.5 Å². The molecule has 0 amide bonds. The number of hydrogen-bond donors (Lipinski definition) is 1. The van der Waals surface area contributed by atoms with Gasteiger partial charge in [-0.25, -0.2) is 4.39 Å². The molecule has 0 spiro atoms. The zero-order valence-corrected chi connectivity index (χ0v) is 9.41. The minimum absolute atomic E-state index is 0.107. The molecule has 0 saturated carbocycles. The highest BCUT2D eigenvalue weighted by Crippen LogP contribution is 2.36. The van der Waals surface area contributed by atoms with Gasteiger partial charge in [-0.3, -0.25) is 0 Å². The molecule has 2 aromatic carbocycles. The Kier molecular flexibility index (Phi) is 3.33. The van der Waals surface area contributed by atoms with Gasteiger partial charge in [-0.2, -0.15) is 0 Å². The molecule has 0 radical (unpaired) electrons. The summed E-state index contributed by atoms with van der Waals surface area (Å²) >= 11 is 0. The van der Waals surface area contributed by atoms with Crippen LogP contribution in [0.1, 0.15) is 0 Å². The Morgan fingerprint density at radius 1 is 0.947 bits per heavy atom. The maximum Gasteiger partial charge on any atom is 0.573 e. The summed E-state index contributed by atoms with van der Waals surface area (Å²) in [5.41, 5.74) is 0.454. The fourth-order valence-corrected chi connectivity index (χ4v) is 1.59. The van der Waals surface area contributed by atoms with Gasteiger partial charge in [0.2, 0.25) is 0 Å². The van der Waals surface area contributed by atoms with E-state index in [1.807, 2.05) is 0 Å². The lowest BCUT2D eigenvalue weighted by Crippen LogP contribution is -2.17. The van der Waals surface area contributed by atoms with Crippen LogP contribution in [0, 0.1) is 5.82 Å². The van der Waals surface area contributed by atoms with Crippen molar-refractivity contribution in [1.82, 2.24) is 0 Å². The van der Waals surface area contributed by atoms with Gasteiger partial charge in [0.15, 0.2) is 0 Å². The fraction of sp³-hybridized carbons (Fsp3) is 0.0769. The van der Waals surface area contributed by atoms with E-state index in [0.717, 1.165) is 18.2 Å². The number of rotatable bonds is 2. The molecule has 6 heteroatoms. The van der Waals surface area contributed by atoms with Gasteiger partial charge in [-0.15, -0.1) is 13.2 Å². The Labute approximate surface area is 105 Å². The van der Waals surface area contributed by atoms with E-state index in [2.05, 4.69) is 4.74 Å². The summed E-state index contributed by atoms with van der Waals surface area (Å²) in [5, 5.41) is 9.22. The highest BCUT2D eigenvalue weighted by Gasteiger charge is 2.32. The van der Waals surface area contributed by atoms with Crippen molar-refractivity contribution in [3.8, 4) is 22.6 Å². The normalized spacial score (nSPS) is 11.4. The first kappa shape index (κ1) is 13.2. The van der Waals surface area contributed by atoms with E-state index in [1.54, 1.807) is 0 Å². The van der Waals surface area contributed by atoms with Gasteiger partial charge < -0.3 is 9.84 Å². The molecule has 19 heavy (non-hydrogen) atoms. The molecular weight excluding hydrogens is 264 g/mol. The van der Waals surface area contributed by atoms with Crippen LogP contribution in [0.15, 0.2) is 42.5 Å². The van der Waals surface area contributed by atoms with E-state index in [0.29, 0.717) is 5.56 Å². The minimum atomic E-state index is -4.87. The molecule has 0 aliphatic heterocycles. The van der Waals surface area contributed by atoms with Crippen LogP contribution in [0.25, 0.3) is 11.1 Å². The smallest absolute Gasteiger partial charge is 0.508 e. The highest BCUT2D eigenvalue weighted by molar-refractivity contribution is 5.71. The molecule has 100 valence electrons. The third kappa shape index (κ3) is 3.37. The molecule has 0 aromatic heterocycles. The van der Waals surface area contributed by atoms with Crippen molar-refractivity contribution in [1.29, 1.82) is 0 Å². The standard InChI is InChI=1S/C13H8F4O2/c14-9-3-1-8(2-4-9)11-6-5-10(18)7-12(11)19-13(15,16)17/h1-7,18H. The molecular formula is C13H8F4O2. The number of benzene rings is 2. The SMILES string of the molecule is Oc1ccc(-c2ccc(F)cc2)c(OC(F)(F)F)c1. The molecule has 0 fully saturated rings. The zero-order valence-electron chi connectivity index (χ0n) is 9.41. The molecule has 0 heterocycles. The third-order valence-electron chi connectivity index (χ3n) is 2.35. The predicted molar refractivity (Wildman–Crippen MR) is 60.2 cm³/mol. The summed E-state index contributed by atoms with van der Waals surface area (Å²) in [4.78, 5) is 0. The van der Waals surface area contributed by atoms with Crippen LogP contribution in [0.4, 0.5) is 17.6 Å². The van der Waals surface area contributed by atoms with Gasteiger partial charge in [-0.1, -0.05) is 12.1 Å². The Hall–Kier alpha value is -2.24. The largest absolute Gasteiger partial charge is 0.573 e. The van der Waals surface area contributed by atoms with Crippen LogP contribution in [0.3, 0.4) is 0 Å². The summed E-state index contributed by atoms with van der Waals surface area (Å²) in [5.74, 6) is -1.40. The average Bonchev–Trinajstić information content (AvgIpc) is 2.29. The number of ether oxygens (including phenoxy) is 1. The number of alkyl halides is 3. The predicted octanol–water partition coefficient (Wildman–Crippen LogP) is 4.10. The van der Waals surface area contributed by atoms with Crippen molar-refractivity contribution in [3.63, 3.8) is 0 Å². The molecule has 1 N–H and O–H groups in total. The molecule has 0 aliphatic carbocycles. The fourth-order valence-electron chi connectivity index (χ4n) is 1.59. The minimum Gasteiger partial charge on any atom is -0.508 e. The van der Waals surface area contributed by atoms with Crippen LogP contribution >= 0.6 is 0 Å². The summed E-state index contributed by atoms with van der Waals surface area (Å²) in [6.07, 6.45) is -4.87. The quantitative estimate of drug-likeness (QED) is 0.834. The molecule has 2 rings (SSSR count). The maximum absolute atomic E-state index is 12.8. The molecule has 0 unspecified atom stereocenters. The molecule has 0 atom stereocenters. The first-order valence-corrected chi connectivity index (χ1v) is 5.20. The monoisotopic (exact) mass is 272 g/mol. The van der Waals surface area contributed by atoms with Crippen molar-refractivity contribution in [2.24, 2.45) is 0 Å². The van der Waals surface area contributed by atoms with Crippen LogP contribution in [-0.4, -0.2) is 11.5 Å². The first-order valence-electron chi connectivity index (χ1n) is 5.20. The van der Waals surface area contributed by atoms with Crippen molar-refractivity contribution < 1.29 is 27.4 Å². The summed E-state index contributed by atoms with van der Waals surface area (Å²) in [6, 6.07) is 8.24. The lowest BCUT2D eigenvalue weighted by molar-refractivity contribution is -0.274. The van der Waals surface area contributed by atoms with E-state index < -0.39 is 17.9 Å². The van der Waals surface area contributed by atoms with Gasteiger partial charge in [-0.05, 0) is 29.8 Å². The van der Waals surface area contributed by atoms with Crippen molar-refractivity contribution in [2.45, 2.75) is 6.36 Å². The van der Waals surface area contributed by atoms with Crippen molar-refractivity contribution >= 4 is 0 Å². The molecule has 0 saturated heterocycles. The second-order valence-electron chi connectivity index (χ2n) is 3.74. The molecule has 2 aromatic rings. The molecule has 0 aliphatic rings. The Bertz CT molecular complexity index is 576. The van der Waals surface area contributed by atoms with Crippen molar-refractivity contribution in [3.05, 3.63) is 48.3 Å². The summed E-state index contributed by atoms with van der Waals surface area (Å²) in [6.45, 7) is 0. The van der Waals surface area contributed by atoms with Crippen LogP contribution in [-0.2, 0) is 0 Å². The second kappa shape index (κ2) is 4.79. The number of phenols is 1. The van der Waals surface area contributed by atoms with Crippen molar-refractivity contribution in [2.75, 3.05) is 0 Å². The number of phenolic OH excluding ortho intramolecular Hbond substituents is 1. The summed E-state index contributed by atoms with van der Waals surface area (Å²) in [7, 11) is 0. The van der Waals surface area contributed by atoms with Gasteiger partial charge in [0.1, 0.15) is 17.3 Å². The second-order valence-corrected chi connectivity index (χ2v) is 3.74. The zero-order chi connectivity index (χ0) is 14.0. The van der Waals surface area contributed by atoms with Gasteiger partial charge >= 0.3 is 6.36 Å². The Balaban J connectivity index is 2.47. The van der Waals surface area contributed by atoms with E-state index >= 15 is 0 Å². The van der Waals surface area contributed by atoms with Crippen LogP contribution < -0.4 is 4.74 Å². The summed E-state index contributed by atoms with van der Waals surface area (Å²) < 4.78 is 53.4. The molecule has 0 bridgehead atoms. The van der Waals surface area contributed by atoms with Crippen LogP contribution in [0.5, 0.6) is 11.5 Å². The first-order chi connectivity index (χ1) is 8.85. The maximum atomic E-state index is 12.8. The highest BCUT2D eigenvalue weighted by atomic mass is 19.4. The number of hydrogen-bond acceptors (Lipinski definition) is 2.